The molecule has 21 heavy (non-hydrogen) atoms. The Morgan fingerprint density at radius 2 is 2.00 bits per heavy atom. The van der Waals surface area contributed by atoms with Crippen molar-refractivity contribution < 1.29 is 9.53 Å². The van der Waals surface area contributed by atoms with Crippen LogP contribution in [0.1, 0.15) is 25.3 Å². The summed E-state index contributed by atoms with van der Waals surface area (Å²) in [6.45, 7) is 9.22. The van der Waals surface area contributed by atoms with Crippen LogP contribution in [0.2, 0.25) is 0 Å². The van der Waals surface area contributed by atoms with E-state index in [1.165, 1.54) is 0 Å². The van der Waals surface area contributed by atoms with E-state index in [1.54, 1.807) is 0 Å². The number of benzene rings is 1. The van der Waals surface area contributed by atoms with Gasteiger partial charge in [-0.15, -0.1) is 0 Å². The minimum absolute atomic E-state index is 0.142. The van der Waals surface area contributed by atoms with Crippen molar-refractivity contribution in [1.29, 1.82) is 0 Å². The Kier molecular flexibility index (Phi) is 6.02. The number of carbonyl (C=O) groups is 1. The molecule has 0 spiro atoms. The third-order valence-electron chi connectivity index (χ3n) is 3.65. The molecule has 2 rings (SSSR count). The van der Waals surface area contributed by atoms with Crippen LogP contribution >= 0.6 is 0 Å². The average molecular weight is 291 g/mol. The molecule has 1 aromatic carbocycles. The number of morpholine rings is 1. The van der Waals surface area contributed by atoms with Gasteiger partial charge in [0.1, 0.15) is 0 Å². The van der Waals surface area contributed by atoms with Crippen LogP contribution in [0.3, 0.4) is 0 Å². The highest BCUT2D eigenvalue weighted by Crippen LogP contribution is 2.23. The van der Waals surface area contributed by atoms with Gasteiger partial charge in [0.2, 0.25) is 0 Å². The summed E-state index contributed by atoms with van der Waals surface area (Å²) in [4.78, 5) is 14.3. The molecule has 1 aliphatic rings. The van der Waals surface area contributed by atoms with E-state index in [-0.39, 0.29) is 6.03 Å². The van der Waals surface area contributed by atoms with Gasteiger partial charge in [0, 0.05) is 31.9 Å². The quantitative estimate of drug-likeness (QED) is 0.875. The maximum Gasteiger partial charge on any atom is 0.319 e. The minimum Gasteiger partial charge on any atom is -0.379 e. The van der Waals surface area contributed by atoms with Crippen LogP contribution in [-0.4, -0.2) is 50.3 Å². The summed E-state index contributed by atoms with van der Waals surface area (Å²) in [6.07, 6.45) is 0. The molecule has 5 nitrogen and oxygen atoms in total. The van der Waals surface area contributed by atoms with E-state index in [9.17, 15) is 4.79 Å². The van der Waals surface area contributed by atoms with Crippen LogP contribution in [0.5, 0.6) is 0 Å². The lowest BCUT2D eigenvalue weighted by atomic mass is 10.0. The van der Waals surface area contributed by atoms with Crippen LogP contribution in [0, 0.1) is 0 Å². The van der Waals surface area contributed by atoms with Gasteiger partial charge in [-0.1, -0.05) is 32.0 Å². The third-order valence-corrected chi connectivity index (χ3v) is 3.65. The molecule has 0 atom stereocenters. The summed E-state index contributed by atoms with van der Waals surface area (Å²) >= 11 is 0. The average Bonchev–Trinajstić information content (AvgIpc) is 2.48. The number of rotatable bonds is 5. The molecule has 1 saturated heterocycles. The van der Waals surface area contributed by atoms with Gasteiger partial charge in [-0.05, 0) is 17.5 Å². The first-order chi connectivity index (χ1) is 10.2. The molecular formula is C16H25N3O2. The van der Waals surface area contributed by atoms with Crippen molar-refractivity contribution in [2.45, 2.75) is 19.8 Å². The normalized spacial score (nSPS) is 16.0. The summed E-state index contributed by atoms with van der Waals surface area (Å²) in [5, 5.41) is 5.85. The van der Waals surface area contributed by atoms with Gasteiger partial charge in [0.25, 0.3) is 0 Å². The first kappa shape index (κ1) is 15.8. The molecule has 2 amide bonds. The molecule has 0 aliphatic carbocycles. The second-order valence-corrected chi connectivity index (χ2v) is 5.58. The number of hydrogen-bond donors (Lipinski definition) is 2. The summed E-state index contributed by atoms with van der Waals surface area (Å²) in [5.74, 6) is 0.384. The molecule has 1 aliphatic heterocycles. The first-order valence-corrected chi connectivity index (χ1v) is 7.60. The molecule has 0 saturated carbocycles. The zero-order valence-corrected chi connectivity index (χ0v) is 12.9. The minimum atomic E-state index is -0.142. The lowest BCUT2D eigenvalue weighted by Crippen LogP contribution is -2.42. The van der Waals surface area contributed by atoms with Gasteiger partial charge < -0.3 is 15.4 Å². The standard InChI is InChI=1S/C16H25N3O2/c1-13(2)14-5-3-4-6-15(14)18-16(20)17-7-8-19-9-11-21-12-10-19/h3-6,13H,7-12H2,1-2H3,(H2,17,18,20). The monoisotopic (exact) mass is 291 g/mol. The van der Waals surface area contributed by atoms with Gasteiger partial charge >= 0.3 is 6.03 Å². The van der Waals surface area contributed by atoms with Crippen LogP contribution in [0.4, 0.5) is 10.5 Å². The van der Waals surface area contributed by atoms with E-state index < -0.39 is 0 Å². The van der Waals surface area contributed by atoms with Crippen LogP contribution < -0.4 is 10.6 Å². The highest BCUT2D eigenvalue weighted by Gasteiger charge is 2.11. The summed E-state index contributed by atoms with van der Waals surface area (Å²) in [5.41, 5.74) is 2.04. The Labute approximate surface area is 126 Å². The first-order valence-electron chi connectivity index (χ1n) is 7.60. The maximum absolute atomic E-state index is 12.0. The lowest BCUT2D eigenvalue weighted by Gasteiger charge is -2.26. The number of nitrogens with one attached hydrogen (secondary N) is 2. The van der Waals surface area contributed by atoms with Gasteiger partial charge in [-0.25, -0.2) is 4.79 Å². The number of urea groups is 1. The number of amides is 2. The fraction of sp³-hybridized carbons (Fsp3) is 0.562. The number of nitrogens with zero attached hydrogens (tertiary/aromatic N) is 1. The van der Waals surface area contributed by atoms with Crippen molar-refractivity contribution in [3.63, 3.8) is 0 Å². The van der Waals surface area contributed by atoms with Crippen molar-refractivity contribution in [1.82, 2.24) is 10.2 Å². The number of para-hydroxylation sites is 1. The molecule has 0 radical (unpaired) electrons. The zero-order valence-electron chi connectivity index (χ0n) is 12.9. The molecule has 0 unspecified atom stereocenters. The highest BCUT2D eigenvalue weighted by atomic mass is 16.5. The maximum atomic E-state index is 12.0. The summed E-state index contributed by atoms with van der Waals surface area (Å²) in [7, 11) is 0. The Bertz CT molecular complexity index is 457. The topological polar surface area (TPSA) is 53.6 Å². The summed E-state index contributed by atoms with van der Waals surface area (Å²) in [6, 6.07) is 7.79. The second kappa shape index (κ2) is 8.00. The molecule has 5 heteroatoms. The zero-order chi connectivity index (χ0) is 15.1. The van der Waals surface area contributed by atoms with Gasteiger partial charge in [0.05, 0.1) is 13.2 Å². The highest BCUT2D eigenvalue weighted by molar-refractivity contribution is 5.90. The van der Waals surface area contributed by atoms with E-state index in [2.05, 4.69) is 29.4 Å². The number of ether oxygens (including phenoxy) is 1. The third kappa shape index (κ3) is 5.02. The SMILES string of the molecule is CC(C)c1ccccc1NC(=O)NCCN1CCOCC1. The van der Waals surface area contributed by atoms with Crippen LogP contribution in [0.25, 0.3) is 0 Å². The largest absolute Gasteiger partial charge is 0.379 e. The Balaban J connectivity index is 1.76. The predicted molar refractivity (Wildman–Crippen MR) is 84.8 cm³/mol. The van der Waals surface area contributed by atoms with Gasteiger partial charge in [0.15, 0.2) is 0 Å². The number of anilines is 1. The summed E-state index contributed by atoms with van der Waals surface area (Å²) < 4.78 is 5.30. The van der Waals surface area contributed by atoms with Crippen molar-refractivity contribution >= 4 is 11.7 Å². The van der Waals surface area contributed by atoms with Crippen LogP contribution in [-0.2, 0) is 4.74 Å². The molecule has 1 heterocycles. The van der Waals surface area contributed by atoms with Crippen molar-refractivity contribution in [3.05, 3.63) is 29.8 Å². The fourth-order valence-electron chi connectivity index (χ4n) is 2.43. The van der Waals surface area contributed by atoms with E-state index in [1.807, 2.05) is 24.3 Å². The van der Waals surface area contributed by atoms with E-state index in [4.69, 9.17) is 4.74 Å². The molecule has 116 valence electrons. The van der Waals surface area contributed by atoms with E-state index in [0.717, 1.165) is 44.1 Å². The molecule has 1 aromatic rings. The van der Waals surface area contributed by atoms with Crippen LogP contribution in [0.15, 0.2) is 24.3 Å². The van der Waals surface area contributed by atoms with E-state index in [0.29, 0.717) is 12.5 Å². The lowest BCUT2D eigenvalue weighted by molar-refractivity contribution is 0.0388. The molecule has 2 N–H and O–H groups in total. The Morgan fingerprint density at radius 3 is 2.71 bits per heavy atom. The Morgan fingerprint density at radius 1 is 1.29 bits per heavy atom. The molecular weight excluding hydrogens is 266 g/mol. The van der Waals surface area contributed by atoms with Gasteiger partial charge in [-0.3, -0.25) is 4.90 Å². The number of hydrogen-bond acceptors (Lipinski definition) is 3. The molecule has 0 bridgehead atoms. The fourth-order valence-corrected chi connectivity index (χ4v) is 2.43. The van der Waals surface area contributed by atoms with Crippen molar-refractivity contribution in [2.75, 3.05) is 44.7 Å². The van der Waals surface area contributed by atoms with Crippen molar-refractivity contribution in [3.8, 4) is 0 Å². The van der Waals surface area contributed by atoms with Crippen molar-refractivity contribution in [2.24, 2.45) is 0 Å². The Hall–Kier alpha value is -1.59. The second-order valence-electron chi connectivity index (χ2n) is 5.58. The molecule has 0 aromatic heterocycles. The van der Waals surface area contributed by atoms with Gasteiger partial charge in [-0.2, -0.15) is 0 Å². The van der Waals surface area contributed by atoms with E-state index >= 15 is 0 Å². The smallest absolute Gasteiger partial charge is 0.319 e. The molecule has 1 fully saturated rings. The predicted octanol–water partition coefficient (Wildman–Crippen LogP) is 2.26. The number of carbonyl (C=O) groups excluding carboxylic acids is 1.